The largest absolute Gasteiger partial charge is 0.492 e. The van der Waals surface area contributed by atoms with Crippen molar-refractivity contribution in [1.82, 2.24) is 4.90 Å². The topological polar surface area (TPSA) is 24.9 Å². The summed E-state index contributed by atoms with van der Waals surface area (Å²) in [4.78, 5) is 4.90. The summed E-state index contributed by atoms with van der Waals surface area (Å²) in [5.41, 5.74) is 1.22. The zero-order chi connectivity index (χ0) is 15.1. The van der Waals surface area contributed by atoms with E-state index in [0.29, 0.717) is 12.7 Å². The second-order valence-corrected chi connectivity index (χ2v) is 5.65. The predicted molar refractivity (Wildman–Crippen MR) is 87.4 cm³/mol. The first-order valence-corrected chi connectivity index (χ1v) is 8.01. The van der Waals surface area contributed by atoms with Gasteiger partial charge in [0.05, 0.1) is 25.0 Å². The van der Waals surface area contributed by atoms with Gasteiger partial charge in [0, 0.05) is 32.7 Å². The molecule has 0 N–H and O–H groups in total. The summed E-state index contributed by atoms with van der Waals surface area (Å²) >= 11 is 0. The molecule has 1 aliphatic rings. The third kappa shape index (κ3) is 4.90. The minimum Gasteiger partial charge on any atom is -0.492 e. The molecule has 0 spiro atoms. The average molecular weight is 292 g/mol. The van der Waals surface area contributed by atoms with E-state index in [4.69, 9.17) is 9.47 Å². The van der Waals surface area contributed by atoms with Gasteiger partial charge in [-0.25, -0.2) is 0 Å². The van der Waals surface area contributed by atoms with Gasteiger partial charge in [0.25, 0.3) is 0 Å². The van der Waals surface area contributed by atoms with Gasteiger partial charge >= 0.3 is 0 Å². The van der Waals surface area contributed by atoms with Gasteiger partial charge in [-0.2, -0.15) is 0 Å². The number of para-hydroxylation sites is 2. The maximum atomic E-state index is 5.73. The molecule has 1 saturated heterocycles. The van der Waals surface area contributed by atoms with Gasteiger partial charge in [-0.1, -0.05) is 12.1 Å². The molecule has 4 nitrogen and oxygen atoms in total. The fraction of sp³-hybridized carbons (Fsp3) is 0.647. The van der Waals surface area contributed by atoms with Crippen molar-refractivity contribution in [2.24, 2.45) is 0 Å². The normalized spacial score (nSPS) is 16.5. The molecule has 4 heteroatoms. The van der Waals surface area contributed by atoms with Crippen LogP contribution in [0.3, 0.4) is 0 Å². The summed E-state index contributed by atoms with van der Waals surface area (Å²) in [5, 5.41) is 0. The van der Waals surface area contributed by atoms with Crippen molar-refractivity contribution >= 4 is 5.69 Å². The van der Waals surface area contributed by atoms with E-state index < -0.39 is 0 Å². The number of hydrogen-bond donors (Lipinski definition) is 0. The van der Waals surface area contributed by atoms with Crippen LogP contribution in [0.4, 0.5) is 5.69 Å². The highest BCUT2D eigenvalue weighted by atomic mass is 16.5. The molecule has 1 fully saturated rings. The van der Waals surface area contributed by atoms with Gasteiger partial charge < -0.3 is 14.4 Å². The van der Waals surface area contributed by atoms with Crippen LogP contribution in [0.25, 0.3) is 0 Å². The highest BCUT2D eigenvalue weighted by Gasteiger charge is 2.19. The molecule has 0 unspecified atom stereocenters. The van der Waals surface area contributed by atoms with Crippen molar-refractivity contribution in [1.29, 1.82) is 0 Å². The Labute approximate surface area is 128 Å². The highest BCUT2D eigenvalue weighted by Crippen LogP contribution is 2.28. The highest BCUT2D eigenvalue weighted by molar-refractivity contribution is 5.58. The SMILES string of the molecule is CCOc1ccccc1N1CCN(CCOC(C)C)CC1. The lowest BCUT2D eigenvalue weighted by atomic mass is 10.2. The van der Waals surface area contributed by atoms with E-state index in [9.17, 15) is 0 Å². The number of rotatable bonds is 7. The zero-order valence-electron chi connectivity index (χ0n) is 13.5. The van der Waals surface area contributed by atoms with E-state index in [1.807, 2.05) is 13.0 Å². The molecule has 21 heavy (non-hydrogen) atoms. The number of nitrogens with zero attached hydrogens (tertiary/aromatic N) is 2. The predicted octanol–water partition coefficient (Wildman–Crippen LogP) is 2.63. The summed E-state index contributed by atoms with van der Waals surface area (Å²) in [7, 11) is 0. The summed E-state index contributed by atoms with van der Waals surface area (Å²) in [5.74, 6) is 0.997. The van der Waals surface area contributed by atoms with Crippen LogP contribution >= 0.6 is 0 Å². The Morgan fingerprint density at radius 2 is 1.81 bits per heavy atom. The Hall–Kier alpha value is -1.26. The van der Waals surface area contributed by atoms with Crippen molar-refractivity contribution in [3.63, 3.8) is 0 Å². The number of ether oxygens (including phenoxy) is 2. The Kier molecular flexibility index (Phi) is 6.33. The smallest absolute Gasteiger partial charge is 0.142 e. The van der Waals surface area contributed by atoms with E-state index in [1.54, 1.807) is 0 Å². The number of hydrogen-bond acceptors (Lipinski definition) is 4. The summed E-state index contributed by atoms with van der Waals surface area (Å²) in [6.07, 6.45) is 0.323. The molecule has 118 valence electrons. The van der Waals surface area contributed by atoms with Crippen LogP contribution in [-0.2, 0) is 4.74 Å². The van der Waals surface area contributed by atoms with Gasteiger partial charge in [0.1, 0.15) is 5.75 Å². The Morgan fingerprint density at radius 1 is 1.10 bits per heavy atom. The fourth-order valence-electron chi connectivity index (χ4n) is 2.63. The van der Waals surface area contributed by atoms with Crippen LogP contribution in [0, 0.1) is 0 Å². The van der Waals surface area contributed by atoms with E-state index in [1.165, 1.54) is 5.69 Å². The van der Waals surface area contributed by atoms with Crippen molar-refractivity contribution < 1.29 is 9.47 Å². The van der Waals surface area contributed by atoms with Crippen LogP contribution in [0.2, 0.25) is 0 Å². The Balaban J connectivity index is 1.83. The second kappa shape index (κ2) is 8.25. The van der Waals surface area contributed by atoms with E-state index >= 15 is 0 Å². The number of piperazine rings is 1. The van der Waals surface area contributed by atoms with Gasteiger partial charge in [0.15, 0.2) is 0 Å². The molecule has 0 radical (unpaired) electrons. The van der Waals surface area contributed by atoms with Crippen LogP contribution < -0.4 is 9.64 Å². The first-order chi connectivity index (χ1) is 10.2. The number of benzene rings is 1. The van der Waals surface area contributed by atoms with Crippen molar-refractivity contribution in [3.05, 3.63) is 24.3 Å². The molecule has 1 aromatic carbocycles. The zero-order valence-corrected chi connectivity index (χ0v) is 13.5. The quantitative estimate of drug-likeness (QED) is 0.771. The summed E-state index contributed by atoms with van der Waals surface area (Å²) in [6, 6.07) is 8.33. The summed E-state index contributed by atoms with van der Waals surface area (Å²) < 4.78 is 11.4. The molecule has 0 saturated carbocycles. The molecule has 0 atom stereocenters. The molecule has 0 amide bonds. The number of anilines is 1. The van der Waals surface area contributed by atoms with Gasteiger partial charge in [-0.05, 0) is 32.9 Å². The molecule has 1 aliphatic heterocycles. The monoisotopic (exact) mass is 292 g/mol. The minimum atomic E-state index is 0.323. The lowest BCUT2D eigenvalue weighted by Gasteiger charge is -2.36. The van der Waals surface area contributed by atoms with E-state index in [2.05, 4.69) is 41.8 Å². The van der Waals surface area contributed by atoms with Gasteiger partial charge in [0.2, 0.25) is 0 Å². The molecule has 0 aromatic heterocycles. The maximum Gasteiger partial charge on any atom is 0.142 e. The first-order valence-electron chi connectivity index (χ1n) is 8.01. The first kappa shape index (κ1) is 16.1. The van der Waals surface area contributed by atoms with Crippen molar-refractivity contribution in [2.75, 3.05) is 50.8 Å². The van der Waals surface area contributed by atoms with Gasteiger partial charge in [-0.15, -0.1) is 0 Å². The molecule has 0 bridgehead atoms. The fourth-order valence-corrected chi connectivity index (χ4v) is 2.63. The van der Waals surface area contributed by atoms with Crippen LogP contribution in [0.1, 0.15) is 20.8 Å². The third-order valence-corrected chi connectivity index (χ3v) is 3.74. The van der Waals surface area contributed by atoms with E-state index in [-0.39, 0.29) is 0 Å². The Morgan fingerprint density at radius 3 is 2.48 bits per heavy atom. The molecular weight excluding hydrogens is 264 g/mol. The molecule has 0 aliphatic carbocycles. The minimum absolute atomic E-state index is 0.323. The van der Waals surface area contributed by atoms with Gasteiger partial charge in [-0.3, -0.25) is 4.90 Å². The lowest BCUT2D eigenvalue weighted by Crippen LogP contribution is -2.47. The van der Waals surface area contributed by atoms with Crippen LogP contribution in [-0.4, -0.2) is 56.9 Å². The second-order valence-electron chi connectivity index (χ2n) is 5.65. The molecule has 1 heterocycles. The molecular formula is C17H28N2O2. The van der Waals surface area contributed by atoms with E-state index in [0.717, 1.165) is 45.1 Å². The lowest BCUT2D eigenvalue weighted by molar-refractivity contribution is 0.0578. The van der Waals surface area contributed by atoms with Crippen molar-refractivity contribution in [2.45, 2.75) is 26.9 Å². The third-order valence-electron chi connectivity index (χ3n) is 3.74. The Bertz CT molecular complexity index is 415. The molecule has 2 rings (SSSR count). The van der Waals surface area contributed by atoms with Crippen LogP contribution in [0.15, 0.2) is 24.3 Å². The van der Waals surface area contributed by atoms with Crippen LogP contribution in [0.5, 0.6) is 5.75 Å². The van der Waals surface area contributed by atoms with Crippen molar-refractivity contribution in [3.8, 4) is 5.75 Å². The molecule has 1 aromatic rings. The summed E-state index contributed by atoms with van der Waals surface area (Å²) in [6.45, 7) is 13.0. The standard InChI is InChI=1S/C17H28N2O2/c1-4-20-17-8-6-5-7-16(17)19-11-9-18(10-12-19)13-14-21-15(2)3/h5-8,15H,4,9-14H2,1-3H3. The average Bonchev–Trinajstić information content (AvgIpc) is 2.49. The maximum absolute atomic E-state index is 5.73.